The molecule has 2 aliphatic carbocycles. The van der Waals surface area contributed by atoms with Gasteiger partial charge in [-0.05, 0) is 57.3 Å². The van der Waals surface area contributed by atoms with Crippen LogP contribution in [0.15, 0.2) is 0 Å². The largest absolute Gasteiger partial charge is 0.308 e. The molecule has 3 fully saturated rings. The summed E-state index contributed by atoms with van der Waals surface area (Å²) < 4.78 is 0. The monoisotopic (exact) mass is 250 g/mol. The van der Waals surface area contributed by atoms with Crippen LogP contribution in [0.2, 0.25) is 0 Å². The van der Waals surface area contributed by atoms with E-state index < -0.39 is 0 Å². The summed E-state index contributed by atoms with van der Waals surface area (Å²) in [5, 5.41) is 3.83. The highest BCUT2D eigenvalue weighted by Gasteiger charge is 2.45. The molecule has 0 amide bonds. The summed E-state index contributed by atoms with van der Waals surface area (Å²) in [6, 6.07) is 0.729. The van der Waals surface area contributed by atoms with Crippen LogP contribution in [0.5, 0.6) is 0 Å². The van der Waals surface area contributed by atoms with Gasteiger partial charge in [-0.3, -0.25) is 4.90 Å². The van der Waals surface area contributed by atoms with Gasteiger partial charge in [0.05, 0.1) is 0 Å². The third kappa shape index (κ3) is 2.60. The van der Waals surface area contributed by atoms with Crippen LogP contribution in [0.25, 0.3) is 0 Å². The fourth-order valence-electron chi connectivity index (χ4n) is 4.20. The predicted octanol–water partition coefficient (Wildman–Crippen LogP) is 2.89. The Kier molecular flexibility index (Phi) is 3.44. The van der Waals surface area contributed by atoms with E-state index >= 15 is 0 Å². The zero-order valence-corrected chi connectivity index (χ0v) is 12.4. The zero-order chi connectivity index (χ0) is 12.8. The van der Waals surface area contributed by atoms with Gasteiger partial charge in [-0.2, -0.15) is 0 Å². The quantitative estimate of drug-likeness (QED) is 0.828. The van der Waals surface area contributed by atoms with Gasteiger partial charge < -0.3 is 5.32 Å². The molecule has 104 valence electrons. The highest BCUT2D eigenvalue weighted by atomic mass is 15.3. The lowest BCUT2D eigenvalue weighted by Crippen LogP contribution is -2.63. The normalized spacial score (nSPS) is 46.5. The van der Waals surface area contributed by atoms with Gasteiger partial charge >= 0.3 is 0 Å². The third-order valence-corrected chi connectivity index (χ3v) is 5.73. The number of nitrogens with zero attached hydrogens (tertiary/aromatic N) is 1. The maximum absolute atomic E-state index is 3.83. The molecule has 1 saturated heterocycles. The Bertz CT molecular complexity index is 299. The second-order valence-electron chi connectivity index (χ2n) is 7.64. The lowest BCUT2D eigenvalue weighted by Gasteiger charge is -2.46. The lowest BCUT2D eigenvalue weighted by molar-refractivity contribution is 0.0694. The molecule has 0 radical (unpaired) electrons. The number of rotatable bonds is 3. The lowest BCUT2D eigenvalue weighted by atomic mass is 9.90. The molecule has 0 aromatic rings. The van der Waals surface area contributed by atoms with Crippen molar-refractivity contribution in [3.8, 4) is 0 Å². The molecule has 2 nitrogen and oxygen atoms in total. The van der Waals surface area contributed by atoms with E-state index in [0.29, 0.717) is 5.54 Å². The van der Waals surface area contributed by atoms with Gasteiger partial charge in [0, 0.05) is 31.2 Å². The number of nitrogens with one attached hydrogen (secondary N) is 1. The third-order valence-electron chi connectivity index (χ3n) is 5.73. The summed E-state index contributed by atoms with van der Waals surface area (Å²) in [6.45, 7) is 11.1. The molecule has 1 aliphatic heterocycles. The molecule has 18 heavy (non-hydrogen) atoms. The van der Waals surface area contributed by atoms with E-state index in [1.807, 2.05) is 0 Å². The fraction of sp³-hybridized carbons (Fsp3) is 1.00. The minimum atomic E-state index is 0.413. The van der Waals surface area contributed by atoms with E-state index in [4.69, 9.17) is 0 Å². The van der Waals surface area contributed by atoms with Gasteiger partial charge in [-0.1, -0.05) is 13.3 Å². The first-order chi connectivity index (χ1) is 8.57. The average Bonchev–Trinajstić information content (AvgIpc) is 3.10. The van der Waals surface area contributed by atoms with Crippen molar-refractivity contribution in [1.29, 1.82) is 0 Å². The van der Waals surface area contributed by atoms with Crippen LogP contribution in [0.1, 0.15) is 52.9 Å². The molecular formula is C16H30N2. The van der Waals surface area contributed by atoms with Crippen LogP contribution in [0.4, 0.5) is 0 Å². The first-order valence-electron chi connectivity index (χ1n) is 8.06. The maximum Gasteiger partial charge on any atom is 0.0309 e. The van der Waals surface area contributed by atoms with E-state index in [1.54, 1.807) is 0 Å². The summed E-state index contributed by atoms with van der Waals surface area (Å²) in [5.41, 5.74) is 0.413. The molecule has 4 atom stereocenters. The van der Waals surface area contributed by atoms with Crippen LogP contribution >= 0.6 is 0 Å². The summed E-state index contributed by atoms with van der Waals surface area (Å²) in [5.74, 6) is 2.90. The van der Waals surface area contributed by atoms with Crippen molar-refractivity contribution in [3.05, 3.63) is 0 Å². The van der Waals surface area contributed by atoms with E-state index in [-0.39, 0.29) is 0 Å². The molecule has 0 spiro atoms. The van der Waals surface area contributed by atoms with Crippen molar-refractivity contribution >= 4 is 0 Å². The second-order valence-corrected chi connectivity index (χ2v) is 7.64. The van der Waals surface area contributed by atoms with Crippen molar-refractivity contribution in [2.45, 2.75) is 64.5 Å². The summed E-state index contributed by atoms with van der Waals surface area (Å²) in [6.07, 6.45) is 7.30. The standard InChI is InChI=1S/C16H30N2/c1-12-4-5-14(8-12)10-18-11-16(3,15-6-7-15)17-9-13(18)2/h12-15,17H,4-11H2,1-3H3. The highest BCUT2D eigenvalue weighted by Crippen LogP contribution is 2.42. The smallest absolute Gasteiger partial charge is 0.0309 e. The summed E-state index contributed by atoms with van der Waals surface area (Å²) in [7, 11) is 0. The van der Waals surface area contributed by atoms with Crippen LogP contribution in [0, 0.1) is 17.8 Å². The fourth-order valence-corrected chi connectivity index (χ4v) is 4.20. The Hall–Kier alpha value is -0.0800. The van der Waals surface area contributed by atoms with Gasteiger partial charge in [-0.25, -0.2) is 0 Å². The molecule has 1 N–H and O–H groups in total. The van der Waals surface area contributed by atoms with Crippen LogP contribution < -0.4 is 5.32 Å². The molecule has 3 rings (SSSR count). The highest BCUT2D eigenvalue weighted by molar-refractivity contribution is 5.03. The summed E-state index contributed by atoms with van der Waals surface area (Å²) >= 11 is 0. The first-order valence-corrected chi connectivity index (χ1v) is 8.06. The number of piperazine rings is 1. The molecular weight excluding hydrogens is 220 g/mol. The van der Waals surface area contributed by atoms with Gasteiger partial charge in [-0.15, -0.1) is 0 Å². The average molecular weight is 250 g/mol. The Morgan fingerprint density at radius 2 is 1.94 bits per heavy atom. The maximum atomic E-state index is 3.83. The topological polar surface area (TPSA) is 15.3 Å². The van der Waals surface area contributed by atoms with Crippen LogP contribution in [0.3, 0.4) is 0 Å². The Morgan fingerprint density at radius 3 is 2.56 bits per heavy atom. The van der Waals surface area contributed by atoms with Crippen molar-refractivity contribution in [2.75, 3.05) is 19.6 Å². The Morgan fingerprint density at radius 1 is 1.17 bits per heavy atom. The van der Waals surface area contributed by atoms with Crippen molar-refractivity contribution < 1.29 is 0 Å². The Balaban J connectivity index is 1.59. The summed E-state index contributed by atoms with van der Waals surface area (Å²) in [4.78, 5) is 2.79. The molecule has 2 heteroatoms. The predicted molar refractivity (Wildman–Crippen MR) is 76.7 cm³/mol. The molecule has 0 aromatic carbocycles. The van der Waals surface area contributed by atoms with Crippen molar-refractivity contribution in [3.63, 3.8) is 0 Å². The minimum absolute atomic E-state index is 0.413. The molecule has 1 heterocycles. The van der Waals surface area contributed by atoms with Gasteiger partial charge in [0.2, 0.25) is 0 Å². The van der Waals surface area contributed by atoms with Crippen molar-refractivity contribution in [2.24, 2.45) is 17.8 Å². The van der Waals surface area contributed by atoms with Gasteiger partial charge in [0.15, 0.2) is 0 Å². The van der Waals surface area contributed by atoms with Crippen molar-refractivity contribution in [1.82, 2.24) is 10.2 Å². The van der Waals surface area contributed by atoms with E-state index in [0.717, 1.165) is 23.8 Å². The van der Waals surface area contributed by atoms with Gasteiger partial charge in [0.25, 0.3) is 0 Å². The van der Waals surface area contributed by atoms with Crippen LogP contribution in [-0.2, 0) is 0 Å². The minimum Gasteiger partial charge on any atom is -0.308 e. The molecule has 0 aromatic heterocycles. The molecule has 2 saturated carbocycles. The Labute approximate surface area is 113 Å². The van der Waals surface area contributed by atoms with E-state index in [1.165, 1.54) is 51.7 Å². The zero-order valence-electron chi connectivity index (χ0n) is 12.4. The molecule has 0 bridgehead atoms. The van der Waals surface area contributed by atoms with Gasteiger partial charge in [0.1, 0.15) is 0 Å². The van der Waals surface area contributed by atoms with E-state index in [2.05, 4.69) is 31.0 Å². The first kappa shape index (κ1) is 12.9. The van der Waals surface area contributed by atoms with E-state index in [9.17, 15) is 0 Å². The number of hydrogen-bond donors (Lipinski definition) is 1. The molecule has 3 aliphatic rings. The SMILES string of the molecule is CC1CCC(CN2CC(C)(C3CC3)NCC2C)C1. The van der Waals surface area contributed by atoms with Crippen LogP contribution in [-0.4, -0.2) is 36.1 Å². The second kappa shape index (κ2) is 4.79. The number of hydrogen-bond acceptors (Lipinski definition) is 2. The molecule has 4 unspecified atom stereocenters.